The first kappa shape index (κ1) is 15.8. The van der Waals surface area contributed by atoms with E-state index in [1.54, 1.807) is 11.9 Å². The Balaban J connectivity index is 1.77. The lowest BCUT2D eigenvalue weighted by Crippen LogP contribution is -2.46. The zero-order valence-electron chi connectivity index (χ0n) is 13.8. The van der Waals surface area contributed by atoms with Crippen LogP contribution in [0.5, 0.6) is 0 Å². The first-order chi connectivity index (χ1) is 10.6. The predicted molar refractivity (Wildman–Crippen MR) is 88.5 cm³/mol. The van der Waals surface area contributed by atoms with Crippen molar-refractivity contribution in [2.75, 3.05) is 20.1 Å². The second kappa shape index (κ2) is 6.57. The summed E-state index contributed by atoms with van der Waals surface area (Å²) in [5.41, 5.74) is 5.42. The van der Waals surface area contributed by atoms with Crippen molar-refractivity contribution < 1.29 is 4.79 Å². The maximum Gasteiger partial charge on any atom is 0.257 e. The first-order valence-electron chi connectivity index (χ1n) is 8.95. The molecule has 1 unspecified atom stereocenters. The third kappa shape index (κ3) is 3.14. The molecule has 0 aromatic heterocycles. The van der Waals surface area contributed by atoms with Crippen LogP contribution in [-0.2, 0) is 4.79 Å². The minimum absolute atomic E-state index is 0.126. The van der Waals surface area contributed by atoms with Crippen LogP contribution in [0.2, 0.25) is 0 Å². The molecule has 2 fully saturated rings. The molecule has 5 heteroatoms. The van der Waals surface area contributed by atoms with Crippen molar-refractivity contribution in [2.24, 2.45) is 22.6 Å². The van der Waals surface area contributed by atoms with Crippen molar-refractivity contribution in [3.05, 3.63) is 0 Å². The van der Waals surface area contributed by atoms with Gasteiger partial charge in [-0.1, -0.05) is 32.1 Å². The third-order valence-electron chi connectivity index (χ3n) is 5.75. The molecule has 0 spiro atoms. The van der Waals surface area contributed by atoms with E-state index in [0.717, 1.165) is 25.9 Å². The molecule has 1 aliphatic carbocycles. The van der Waals surface area contributed by atoms with Crippen LogP contribution < -0.4 is 11.1 Å². The highest BCUT2D eigenvalue weighted by Gasteiger charge is 2.48. The maximum atomic E-state index is 12.9. The van der Waals surface area contributed by atoms with Gasteiger partial charge in [0, 0.05) is 7.05 Å². The van der Waals surface area contributed by atoms with Crippen LogP contribution in [0.4, 0.5) is 0 Å². The molecule has 1 saturated carbocycles. The molecule has 3 aliphatic rings. The van der Waals surface area contributed by atoms with Crippen LogP contribution in [0.1, 0.15) is 57.8 Å². The van der Waals surface area contributed by atoms with Crippen LogP contribution in [-0.4, -0.2) is 42.4 Å². The Labute approximate surface area is 133 Å². The zero-order chi connectivity index (χ0) is 15.6. The van der Waals surface area contributed by atoms with Crippen molar-refractivity contribution in [3.8, 4) is 0 Å². The number of rotatable bonds is 4. The van der Waals surface area contributed by atoms with Crippen LogP contribution in [0.3, 0.4) is 0 Å². The van der Waals surface area contributed by atoms with Gasteiger partial charge in [-0.15, -0.1) is 0 Å². The smallest absolute Gasteiger partial charge is 0.257 e. The molecule has 2 heterocycles. The molecule has 0 bridgehead atoms. The van der Waals surface area contributed by atoms with E-state index in [4.69, 9.17) is 10.7 Å². The summed E-state index contributed by atoms with van der Waals surface area (Å²) in [6.07, 6.45) is 10.6. The molecule has 0 radical (unpaired) electrons. The van der Waals surface area contributed by atoms with Crippen molar-refractivity contribution >= 4 is 11.9 Å². The Morgan fingerprint density at radius 1 is 1.18 bits per heavy atom. The number of carbonyl (C=O) groups excluding carboxylic acids is 1. The number of amides is 1. The molecular formula is C17H30N4O. The van der Waals surface area contributed by atoms with E-state index in [1.807, 2.05) is 0 Å². The molecule has 1 saturated heterocycles. The summed E-state index contributed by atoms with van der Waals surface area (Å²) >= 11 is 0. The Hall–Kier alpha value is -1.10. The average molecular weight is 306 g/mol. The highest BCUT2D eigenvalue weighted by molar-refractivity contribution is 6.06. The van der Waals surface area contributed by atoms with Gasteiger partial charge in [0.05, 0.1) is 0 Å². The number of hydrogen-bond acceptors (Lipinski definition) is 4. The van der Waals surface area contributed by atoms with Gasteiger partial charge in [-0.05, 0) is 50.6 Å². The third-order valence-corrected chi connectivity index (χ3v) is 5.75. The van der Waals surface area contributed by atoms with Gasteiger partial charge >= 0.3 is 0 Å². The quantitative estimate of drug-likeness (QED) is 0.833. The standard InChI is InChI=1S/C17H30N4O/c1-21-15(22)17(20-16(21)18,10-13-6-3-2-4-7-13)11-14-8-5-9-19-12-14/h13-14,19H,2-12H2,1H3,(H2,18,20)/t14?,17-/m1/s1. The fraction of sp³-hybridized carbons (Fsp3) is 0.882. The fourth-order valence-corrected chi connectivity index (χ4v) is 4.55. The number of hydrogen-bond donors (Lipinski definition) is 2. The monoisotopic (exact) mass is 306 g/mol. The Morgan fingerprint density at radius 2 is 1.86 bits per heavy atom. The summed E-state index contributed by atoms with van der Waals surface area (Å²) < 4.78 is 0. The van der Waals surface area contributed by atoms with E-state index in [-0.39, 0.29) is 5.91 Å². The highest BCUT2D eigenvalue weighted by Crippen LogP contribution is 2.40. The molecule has 3 N–H and O–H groups in total. The number of nitrogens with zero attached hydrogens (tertiary/aromatic N) is 2. The largest absolute Gasteiger partial charge is 0.369 e. The lowest BCUT2D eigenvalue weighted by molar-refractivity contribution is -0.131. The number of piperidine rings is 1. The summed E-state index contributed by atoms with van der Waals surface area (Å²) in [4.78, 5) is 19.2. The van der Waals surface area contributed by atoms with Crippen LogP contribution in [0.25, 0.3) is 0 Å². The molecule has 3 rings (SSSR count). The Morgan fingerprint density at radius 3 is 2.45 bits per heavy atom. The lowest BCUT2D eigenvalue weighted by Gasteiger charge is -2.35. The summed E-state index contributed by atoms with van der Waals surface area (Å²) in [5, 5.41) is 3.46. The van der Waals surface area contributed by atoms with E-state index in [9.17, 15) is 4.79 Å². The molecule has 2 aliphatic heterocycles. The van der Waals surface area contributed by atoms with Crippen molar-refractivity contribution in [1.29, 1.82) is 0 Å². The Kier molecular flexibility index (Phi) is 4.71. The van der Waals surface area contributed by atoms with Crippen LogP contribution in [0, 0.1) is 11.8 Å². The van der Waals surface area contributed by atoms with Crippen molar-refractivity contribution in [1.82, 2.24) is 10.2 Å². The van der Waals surface area contributed by atoms with E-state index in [1.165, 1.54) is 44.9 Å². The van der Waals surface area contributed by atoms with Gasteiger partial charge in [-0.3, -0.25) is 9.69 Å². The van der Waals surface area contributed by atoms with Gasteiger partial charge in [0.1, 0.15) is 5.54 Å². The van der Waals surface area contributed by atoms with Gasteiger partial charge in [-0.2, -0.15) is 0 Å². The number of carbonyl (C=O) groups is 1. The Bertz CT molecular complexity index is 416. The number of likely N-dealkylation sites (N-methyl/N-ethyl adjacent to an activating group) is 1. The molecule has 2 atom stereocenters. The number of aliphatic imine (C=N–C) groups is 1. The second-order valence-corrected chi connectivity index (χ2v) is 7.49. The SMILES string of the molecule is CN1C(=O)[C@@](CC2CCCCC2)(CC2CCCNC2)N=C1N. The molecule has 0 aromatic carbocycles. The van der Waals surface area contributed by atoms with Gasteiger partial charge in [0.15, 0.2) is 5.96 Å². The summed E-state index contributed by atoms with van der Waals surface area (Å²) in [5.74, 6) is 1.72. The average Bonchev–Trinajstić information content (AvgIpc) is 2.73. The summed E-state index contributed by atoms with van der Waals surface area (Å²) in [6, 6.07) is 0. The van der Waals surface area contributed by atoms with E-state index in [2.05, 4.69) is 5.32 Å². The van der Waals surface area contributed by atoms with Crippen LogP contribution >= 0.6 is 0 Å². The van der Waals surface area contributed by atoms with Crippen molar-refractivity contribution in [2.45, 2.75) is 63.3 Å². The zero-order valence-corrected chi connectivity index (χ0v) is 13.8. The van der Waals surface area contributed by atoms with Gasteiger partial charge in [0.2, 0.25) is 0 Å². The van der Waals surface area contributed by atoms with E-state index >= 15 is 0 Å². The minimum atomic E-state index is -0.579. The van der Waals surface area contributed by atoms with Gasteiger partial charge in [-0.25, -0.2) is 4.99 Å². The molecule has 22 heavy (non-hydrogen) atoms. The van der Waals surface area contributed by atoms with E-state index < -0.39 is 5.54 Å². The topological polar surface area (TPSA) is 70.7 Å². The first-order valence-corrected chi connectivity index (χ1v) is 8.95. The molecule has 124 valence electrons. The fourth-order valence-electron chi connectivity index (χ4n) is 4.55. The molecule has 5 nitrogen and oxygen atoms in total. The molecule has 1 amide bonds. The summed E-state index contributed by atoms with van der Waals surface area (Å²) in [6.45, 7) is 2.12. The second-order valence-electron chi connectivity index (χ2n) is 7.49. The molecule has 0 aromatic rings. The maximum absolute atomic E-state index is 12.9. The minimum Gasteiger partial charge on any atom is -0.369 e. The number of nitrogens with two attached hydrogens (primary N) is 1. The van der Waals surface area contributed by atoms with Crippen LogP contribution in [0.15, 0.2) is 4.99 Å². The lowest BCUT2D eigenvalue weighted by atomic mass is 9.74. The molecular weight excluding hydrogens is 276 g/mol. The number of nitrogens with one attached hydrogen (secondary N) is 1. The summed E-state index contributed by atoms with van der Waals surface area (Å²) in [7, 11) is 1.77. The van der Waals surface area contributed by atoms with Gasteiger partial charge in [0.25, 0.3) is 5.91 Å². The highest BCUT2D eigenvalue weighted by atomic mass is 16.2. The van der Waals surface area contributed by atoms with Crippen molar-refractivity contribution in [3.63, 3.8) is 0 Å². The predicted octanol–water partition coefficient (Wildman–Crippen LogP) is 1.87. The number of guanidine groups is 1. The normalized spacial score (nSPS) is 34.0. The van der Waals surface area contributed by atoms with Gasteiger partial charge < -0.3 is 11.1 Å². The van der Waals surface area contributed by atoms with E-state index in [0.29, 0.717) is 17.8 Å².